The van der Waals surface area contributed by atoms with Gasteiger partial charge in [-0.25, -0.2) is 0 Å². The molecule has 0 aliphatic rings. The summed E-state index contributed by atoms with van der Waals surface area (Å²) in [5.41, 5.74) is 0. The van der Waals surface area contributed by atoms with Crippen molar-refractivity contribution in [3.05, 3.63) is 27.8 Å². The molecule has 0 heterocycles. The van der Waals surface area contributed by atoms with Gasteiger partial charge in [0.15, 0.2) is 5.78 Å². The maximum absolute atomic E-state index is 11.0. The summed E-state index contributed by atoms with van der Waals surface area (Å²) in [6.45, 7) is 0.165. The van der Waals surface area contributed by atoms with Crippen LogP contribution in [0, 0.1) is 3.57 Å². The number of ether oxygens (including phenoxy) is 2. The van der Waals surface area contributed by atoms with Crippen molar-refractivity contribution >= 4 is 28.4 Å². The lowest BCUT2D eigenvalue weighted by Gasteiger charge is -2.04. The van der Waals surface area contributed by atoms with Crippen molar-refractivity contribution in [3.8, 4) is 5.75 Å². The van der Waals surface area contributed by atoms with Crippen molar-refractivity contribution in [2.45, 2.75) is 0 Å². The Kier molecular flexibility index (Phi) is 4.89. The summed E-state index contributed by atoms with van der Waals surface area (Å²) in [5, 5.41) is 0. The van der Waals surface area contributed by atoms with Gasteiger partial charge in [0.2, 0.25) is 0 Å². The molecule has 0 N–H and O–H groups in total. The van der Waals surface area contributed by atoms with E-state index in [4.69, 9.17) is 4.74 Å². The number of halogens is 1. The van der Waals surface area contributed by atoms with E-state index in [1.807, 2.05) is 24.3 Å². The highest BCUT2D eigenvalue weighted by molar-refractivity contribution is 14.1. The van der Waals surface area contributed by atoms with Crippen LogP contribution >= 0.6 is 22.6 Å². The van der Waals surface area contributed by atoms with Crippen molar-refractivity contribution in [2.24, 2.45) is 0 Å². The van der Waals surface area contributed by atoms with Crippen molar-refractivity contribution in [1.82, 2.24) is 0 Å². The summed E-state index contributed by atoms with van der Waals surface area (Å²) in [5.74, 6) is 0.646. The van der Waals surface area contributed by atoms with E-state index in [1.54, 1.807) is 0 Å². The number of ketones is 1. The molecule has 0 aromatic heterocycles. The molecule has 0 atom stereocenters. The van der Waals surface area contributed by atoms with E-state index in [9.17, 15) is 4.79 Å². The lowest BCUT2D eigenvalue weighted by atomic mass is 10.3. The number of carbonyl (C=O) groups is 1. The van der Waals surface area contributed by atoms with Crippen molar-refractivity contribution in [1.29, 1.82) is 0 Å². The van der Waals surface area contributed by atoms with E-state index in [2.05, 4.69) is 27.3 Å². The number of rotatable bonds is 5. The minimum absolute atomic E-state index is 0.0634. The first-order valence-corrected chi connectivity index (χ1v) is 5.19. The minimum Gasteiger partial charge on any atom is -0.486 e. The number of Topliss-reactive ketones (excluding diaryl/α,β-unsaturated/α-hetero) is 1. The number of benzene rings is 1. The van der Waals surface area contributed by atoms with Gasteiger partial charge in [0.05, 0.1) is 0 Å². The number of hydrogen-bond acceptors (Lipinski definition) is 3. The maximum Gasteiger partial charge on any atom is 0.195 e. The summed E-state index contributed by atoms with van der Waals surface area (Å²) in [4.78, 5) is 11.0. The summed E-state index contributed by atoms with van der Waals surface area (Å²) in [6, 6.07) is 7.55. The standard InChI is InChI=1S/C10H11IO3/c1-13-6-9(12)7-14-10-4-2-3-8(11)5-10/h2-5H,6-7H2,1H3. The molecule has 3 nitrogen and oxygen atoms in total. The van der Waals surface area contributed by atoms with Crippen molar-refractivity contribution in [3.63, 3.8) is 0 Å². The molecule has 0 saturated heterocycles. The van der Waals surface area contributed by atoms with E-state index in [0.717, 1.165) is 3.57 Å². The van der Waals surface area contributed by atoms with Crippen LogP contribution in [0.3, 0.4) is 0 Å². The van der Waals surface area contributed by atoms with Gasteiger partial charge in [0.1, 0.15) is 19.0 Å². The van der Waals surface area contributed by atoms with Crippen molar-refractivity contribution < 1.29 is 14.3 Å². The summed E-state index contributed by atoms with van der Waals surface area (Å²) in [6.07, 6.45) is 0. The average Bonchev–Trinajstić information content (AvgIpc) is 2.15. The number of hydrogen-bond donors (Lipinski definition) is 0. The Labute approximate surface area is 96.5 Å². The van der Waals surface area contributed by atoms with Crippen LogP contribution in [0.1, 0.15) is 0 Å². The molecule has 14 heavy (non-hydrogen) atoms. The molecule has 0 aliphatic heterocycles. The quantitative estimate of drug-likeness (QED) is 0.779. The van der Waals surface area contributed by atoms with Crippen LogP contribution in [-0.2, 0) is 9.53 Å². The predicted octanol–water partition coefficient (Wildman–Crippen LogP) is 1.89. The van der Waals surface area contributed by atoms with Gasteiger partial charge in [-0.05, 0) is 40.8 Å². The fraction of sp³-hybridized carbons (Fsp3) is 0.300. The van der Waals surface area contributed by atoms with Crippen LogP contribution in [0.5, 0.6) is 5.75 Å². The second kappa shape index (κ2) is 5.98. The molecule has 0 amide bonds. The minimum atomic E-state index is -0.0636. The van der Waals surface area contributed by atoms with Gasteiger partial charge in [-0.3, -0.25) is 4.79 Å². The first kappa shape index (κ1) is 11.5. The Morgan fingerprint density at radius 1 is 1.43 bits per heavy atom. The van der Waals surface area contributed by atoms with Gasteiger partial charge in [0, 0.05) is 10.7 Å². The highest BCUT2D eigenvalue weighted by Gasteiger charge is 2.02. The smallest absolute Gasteiger partial charge is 0.195 e. The Balaban J connectivity index is 2.41. The molecule has 4 heteroatoms. The molecule has 1 aromatic rings. The molecular formula is C10H11IO3. The molecule has 0 radical (unpaired) electrons. The van der Waals surface area contributed by atoms with Crippen LogP contribution in [-0.4, -0.2) is 26.1 Å². The van der Waals surface area contributed by atoms with Gasteiger partial charge >= 0.3 is 0 Å². The van der Waals surface area contributed by atoms with E-state index >= 15 is 0 Å². The van der Waals surface area contributed by atoms with Crippen molar-refractivity contribution in [2.75, 3.05) is 20.3 Å². The molecule has 0 saturated carbocycles. The first-order chi connectivity index (χ1) is 6.72. The fourth-order valence-electron chi connectivity index (χ4n) is 0.923. The lowest BCUT2D eigenvalue weighted by Crippen LogP contribution is -2.16. The fourth-order valence-corrected chi connectivity index (χ4v) is 1.44. The zero-order valence-corrected chi connectivity index (χ0v) is 9.98. The van der Waals surface area contributed by atoms with Gasteiger partial charge in [0.25, 0.3) is 0 Å². The van der Waals surface area contributed by atoms with E-state index < -0.39 is 0 Å². The SMILES string of the molecule is COCC(=O)COc1cccc(I)c1. The molecule has 76 valence electrons. The van der Waals surface area contributed by atoms with Gasteiger partial charge in [-0.15, -0.1) is 0 Å². The van der Waals surface area contributed by atoms with E-state index in [-0.39, 0.29) is 19.0 Å². The van der Waals surface area contributed by atoms with Crippen LogP contribution < -0.4 is 4.74 Å². The summed E-state index contributed by atoms with van der Waals surface area (Å²) < 4.78 is 11.0. The summed E-state index contributed by atoms with van der Waals surface area (Å²) >= 11 is 2.19. The third-order valence-electron chi connectivity index (χ3n) is 1.50. The highest BCUT2D eigenvalue weighted by Crippen LogP contribution is 2.14. The number of carbonyl (C=O) groups excluding carboxylic acids is 1. The third-order valence-corrected chi connectivity index (χ3v) is 2.17. The second-order valence-corrected chi connectivity index (χ2v) is 3.96. The molecule has 0 bridgehead atoms. The third kappa shape index (κ3) is 4.06. The first-order valence-electron chi connectivity index (χ1n) is 4.11. The zero-order chi connectivity index (χ0) is 10.4. The average molecular weight is 306 g/mol. The molecule has 0 spiro atoms. The maximum atomic E-state index is 11.0. The highest BCUT2D eigenvalue weighted by atomic mass is 127. The Bertz CT molecular complexity index is 312. The topological polar surface area (TPSA) is 35.5 Å². The van der Waals surface area contributed by atoms with Gasteiger partial charge in [-0.1, -0.05) is 6.07 Å². The van der Waals surface area contributed by atoms with Crippen LogP contribution in [0.25, 0.3) is 0 Å². The second-order valence-electron chi connectivity index (χ2n) is 2.72. The molecule has 1 rings (SSSR count). The van der Waals surface area contributed by atoms with Crippen LogP contribution in [0.2, 0.25) is 0 Å². The normalized spacial score (nSPS) is 9.86. The van der Waals surface area contributed by atoms with Crippen LogP contribution in [0.4, 0.5) is 0 Å². The number of methoxy groups -OCH3 is 1. The van der Waals surface area contributed by atoms with E-state index in [1.165, 1.54) is 7.11 Å². The lowest BCUT2D eigenvalue weighted by molar-refractivity contribution is -0.124. The zero-order valence-electron chi connectivity index (χ0n) is 7.83. The Hall–Kier alpha value is -0.620. The molecule has 0 fully saturated rings. The molecule has 1 aromatic carbocycles. The van der Waals surface area contributed by atoms with Gasteiger partial charge < -0.3 is 9.47 Å². The molecule has 0 aliphatic carbocycles. The Morgan fingerprint density at radius 2 is 2.21 bits per heavy atom. The molecule has 0 unspecified atom stereocenters. The van der Waals surface area contributed by atoms with Gasteiger partial charge in [-0.2, -0.15) is 0 Å². The van der Waals surface area contributed by atoms with E-state index in [0.29, 0.717) is 5.75 Å². The monoisotopic (exact) mass is 306 g/mol. The predicted molar refractivity (Wildman–Crippen MR) is 61.5 cm³/mol. The summed E-state index contributed by atoms with van der Waals surface area (Å²) in [7, 11) is 1.49. The Morgan fingerprint density at radius 3 is 2.86 bits per heavy atom. The van der Waals surface area contributed by atoms with Crippen LogP contribution in [0.15, 0.2) is 24.3 Å². The largest absolute Gasteiger partial charge is 0.486 e. The molecular weight excluding hydrogens is 295 g/mol.